The Bertz CT molecular complexity index is 329. The number of carboxylic acid groups (broad SMARTS) is 1. The van der Waals surface area contributed by atoms with Crippen molar-refractivity contribution < 1.29 is 14.6 Å². The number of aliphatic carboxylic acids is 1. The van der Waals surface area contributed by atoms with Gasteiger partial charge in [-0.15, -0.1) is 0 Å². The third-order valence-corrected chi connectivity index (χ3v) is 2.35. The molecule has 0 aromatic carbocycles. The summed E-state index contributed by atoms with van der Waals surface area (Å²) in [4.78, 5) is 10.4. The van der Waals surface area contributed by atoms with E-state index in [4.69, 9.17) is 9.84 Å². The molecule has 1 unspecified atom stereocenters. The number of carbonyl (C=O) groups is 1. The number of rotatable bonds is 3. The summed E-state index contributed by atoms with van der Waals surface area (Å²) in [5.41, 5.74) is 1.07. The molecule has 5 nitrogen and oxygen atoms in total. The molecule has 76 valence electrons. The van der Waals surface area contributed by atoms with Gasteiger partial charge in [-0.3, -0.25) is 9.48 Å². The van der Waals surface area contributed by atoms with Crippen molar-refractivity contribution in [3.8, 4) is 0 Å². The first-order valence-corrected chi connectivity index (χ1v) is 4.57. The highest BCUT2D eigenvalue weighted by Gasteiger charge is 2.19. The standard InChI is InChI=1S/C9H12N2O3/c12-9(13)5-11-4-8(3-10-11)7-1-2-14-6-7/h3-4,7H,1-2,5-6H2,(H,12,13). The van der Waals surface area contributed by atoms with Gasteiger partial charge in [0.1, 0.15) is 6.54 Å². The fraction of sp³-hybridized carbons (Fsp3) is 0.556. The fourth-order valence-corrected chi connectivity index (χ4v) is 1.61. The highest BCUT2D eigenvalue weighted by Crippen LogP contribution is 2.24. The zero-order valence-electron chi connectivity index (χ0n) is 7.72. The van der Waals surface area contributed by atoms with Gasteiger partial charge in [0, 0.05) is 18.7 Å². The highest BCUT2D eigenvalue weighted by atomic mass is 16.5. The van der Waals surface area contributed by atoms with Gasteiger partial charge in [-0.2, -0.15) is 5.10 Å². The summed E-state index contributed by atoms with van der Waals surface area (Å²) in [6.07, 6.45) is 4.51. The van der Waals surface area contributed by atoms with Crippen molar-refractivity contribution in [2.45, 2.75) is 18.9 Å². The predicted octanol–water partition coefficient (Wildman–Crippen LogP) is 0.472. The monoisotopic (exact) mass is 196 g/mol. The number of aromatic nitrogens is 2. The van der Waals surface area contributed by atoms with Crippen molar-refractivity contribution in [2.24, 2.45) is 0 Å². The van der Waals surface area contributed by atoms with Gasteiger partial charge in [-0.1, -0.05) is 0 Å². The third kappa shape index (κ3) is 1.93. The largest absolute Gasteiger partial charge is 0.480 e. The number of carboxylic acids is 1. The van der Waals surface area contributed by atoms with Crippen LogP contribution in [-0.4, -0.2) is 34.1 Å². The summed E-state index contributed by atoms with van der Waals surface area (Å²) in [7, 11) is 0. The number of nitrogens with zero attached hydrogens (tertiary/aromatic N) is 2. The minimum atomic E-state index is -0.873. The molecule has 0 bridgehead atoms. The van der Waals surface area contributed by atoms with Crippen LogP contribution in [0, 0.1) is 0 Å². The molecule has 5 heteroatoms. The molecule has 1 saturated heterocycles. The first-order valence-electron chi connectivity index (χ1n) is 4.57. The minimum absolute atomic E-state index is 0.0758. The maximum absolute atomic E-state index is 10.4. The van der Waals surface area contributed by atoms with Crippen LogP contribution < -0.4 is 0 Å². The molecule has 1 fully saturated rings. The molecule has 0 amide bonds. The lowest BCUT2D eigenvalue weighted by atomic mass is 10.0. The van der Waals surface area contributed by atoms with Crippen LogP contribution in [0.3, 0.4) is 0 Å². The van der Waals surface area contributed by atoms with Gasteiger partial charge in [-0.25, -0.2) is 0 Å². The van der Waals surface area contributed by atoms with E-state index in [1.807, 2.05) is 0 Å². The second kappa shape index (κ2) is 3.79. The van der Waals surface area contributed by atoms with Crippen molar-refractivity contribution >= 4 is 5.97 Å². The Balaban J connectivity index is 2.05. The van der Waals surface area contributed by atoms with Crippen LogP contribution >= 0.6 is 0 Å². The molecule has 1 atom stereocenters. The molecular formula is C9H12N2O3. The van der Waals surface area contributed by atoms with Crippen LogP contribution in [0.1, 0.15) is 17.9 Å². The Labute approximate surface area is 81.3 Å². The first-order chi connectivity index (χ1) is 6.75. The normalized spacial score (nSPS) is 21.3. The Morgan fingerprint density at radius 1 is 1.79 bits per heavy atom. The van der Waals surface area contributed by atoms with Crippen LogP contribution in [0.15, 0.2) is 12.4 Å². The van der Waals surface area contributed by atoms with E-state index >= 15 is 0 Å². The lowest BCUT2D eigenvalue weighted by molar-refractivity contribution is -0.137. The summed E-state index contributed by atoms with van der Waals surface area (Å²) in [5.74, 6) is -0.486. The van der Waals surface area contributed by atoms with Crippen molar-refractivity contribution in [3.05, 3.63) is 18.0 Å². The van der Waals surface area contributed by atoms with Gasteiger partial charge in [0.2, 0.25) is 0 Å². The summed E-state index contributed by atoms with van der Waals surface area (Å²) >= 11 is 0. The third-order valence-electron chi connectivity index (χ3n) is 2.35. The molecule has 1 N–H and O–H groups in total. The van der Waals surface area contributed by atoms with E-state index in [-0.39, 0.29) is 6.54 Å². The molecule has 0 spiro atoms. The molecule has 1 aliphatic rings. The van der Waals surface area contributed by atoms with Crippen LogP contribution in [-0.2, 0) is 16.1 Å². The highest BCUT2D eigenvalue weighted by molar-refractivity contribution is 5.66. The van der Waals surface area contributed by atoms with Gasteiger partial charge in [0.05, 0.1) is 12.8 Å². The van der Waals surface area contributed by atoms with E-state index in [9.17, 15) is 4.79 Å². The van der Waals surface area contributed by atoms with Gasteiger partial charge in [0.25, 0.3) is 0 Å². The molecule has 0 radical (unpaired) electrons. The van der Waals surface area contributed by atoms with E-state index in [1.165, 1.54) is 4.68 Å². The van der Waals surface area contributed by atoms with E-state index in [1.54, 1.807) is 12.4 Å². The molecule has 14 heavy (non-hydrogen) atoms. The van der Waals surface area contributed by atoms with Crippen molar-refractivity contribution in [2.75, 3.05) is 13.2 Å². The maximum Gasteiger partial charge on any atom is 0.325 e. The molecule has 2 rings (SSSR count). The zero-order valence-corrected chi connectivity index (χ0v) is 7.72. The number of hydrogen-bond acceptors (Lipinski definition) is 3. The van der Waals surface area contributed by atoms with Crippen molar-refractivity contribution in [1.82, 2.24) is 9.78 Å². The quantitative estimate of drug-likeness (QED) is 0.763. The molecule has 0 aliphatic carbocycles. The molecule has 1 aromatic heterocycles. The summed E-state index contributed by atoms with van der Waals surface area (Å²) in [5, 5.41) is 12.5. The van der Waals surface area contributed by atoms with Crippen molar-refractivity contribution in [1.29, 1.82) is 0 Å². The van der Waals surface area contributed by atoms with E-state index < -0.39 is 5.97 Å². The topological polar surface area (TPSA) is 64.3 Å². The smallest absolute Gasteiger partial charge is 0.325 e. The van der Waals surface area contributed by atoms with Crippen molar-refractivity contribution in [3.63, 3.8) is 0 Å². The lowest BCUT2D eigenvalue weighted by Crippen LogP contribution is -2.08. The average Bonchev–Trinajstić information content (AvgIpc) is 2.69. The molecule has 2 heterocycles. The van der Waals surface area contributed by atoms with Crippen LogP contribution in [0.25, 0.3) is 0 Å². The molecule has 0 saturated carbocycles. The van der Waals surface area contributed by atoms with E-state index in [0.29, 0.717) is 5.92 Å². The fourth-order valence-electron chi connectivity index (χ4n) is 1.61. The van der Waals surface area contributed by atoms with Crippen LogP contribution in [0.2, 0.25) is 0 Å². The molecule has 1 aliphatic heterocycles. The van der Waals surface area contributed by atoms with E-state index in [2.05, 4.69) is 5.10 Å². The Morgan fingerprint density at radius 2 is 2.64 bits per heavy atom. The van der Waals surface area contributed by atoms with E-state index in [0.717, 1.165) is 25.2 Å². The summed E-state index contributed by atoms with van der Waals surface area (Å²) in [6.45, 7) is 1.43. The van der Waals surface area contributed by atoms with Gasteiger partial charge < -0.3 is 9.84 Å². The Morgan fingerprint density at radius 3 is 3.29 bits per heavy atom. The predicted molar refractivity (Wildman–Crippen MR) is 48.0 cm³/mol. The van der Waals surface area contributed by atoms with Gasteiger partial charge in [0.15, 0.2) is 0 Å². The second-order valence-electron chi connectivity index (χ2n) is 3.43. The lowest BCUT2D eigenvalue weighted by Gasteiger charge is -2.01. The van der Waals surface area contributed by atoms with Crippen LogP contribution in [0.4, 0.5) is 0 Å². The Kier molecular flexibility index (Phi) is 2.49. The van der Waals surface area contributed by atoms with Gasteiger partial charge >= 0.3 is 5.97 Å². The molecular weight excluding hydrogens is 184 g/mol. The average molecular weight is 196 g/mol. The summed E-state index contributed by atoms with van der Waals surface area (Å²) < 4.78 is 6.69. The first kappa shape index (κ1) is 9.21. The SMILES string of the molecule is O=C(O)Cn1cc(C2CCOC2)cn1. The van der Waals surface area contributed by atoms with Crippen LogP contribution in [0.5, 0.6) is 0 Å². The minimum Gasteiger partial charge on any atom is -0.480 e. The number of hydrogen-bond donors (Lipinski definition) is 1. The second-order valence-corrected chi connectivity index (χ2v) is 3.43. The van der Waals surface area contributed by atoms with Gasteiger partial charge in [-0.05, 0) is 12.0 Å². The summed E-state index contributed by atoms with van der Waals surface area (Å²) in [6, 6.07) is 0. The Hall–Kier alpha value is -1.36. The number of ether oxygens (including phenoxy) is 1. The zero-order chi connectivity index (χ0) is 9.97. The molecule has 1 aromatic rings. The maximum atomic E-state index is 10.4.